The van der Waals surface area contributed by atoms with Crippen molar-refractivity contribution in [1.82, 2.24) is 10.2 Å². The summed E-state index contributed by atoms with van der Waals surface area (Å²) in [6.07, 6.45) is 1.27. The van der Waals surface area contributed by atoms with Gasteiger partial charge >= 0.3 is 0 Å². The maximum absolute atomic E-state index is 11.1. The zero-order valence-corrected chi connectivity index (χ0v) is 10.9. The molecule has 1 aromatic carbocycles. The van der Waals surface area contributed by atoms with E-state index in [0.29, 0.717) is 5.56 Å². The van der Waals surface area contributed by atoms with E-state index in [-0.39, 0.29) is 5.91 Å². The Morgan fingerprint density at radius 3 is 3.06 bits per heavy atom. The number of amides is 1. The number of nitrogens with zero attached hydrogens (tertiary/aromatic N) is 1. The summed E-state index contributed by atoms with van der Waals surface area (Å²) in [5, 5.41) is 3.45. The van der Waals surface area contributed by atoms with Gasteiger partial charge in [0, 0.05) is 18.7 Å². The van der Waals surface area contributed by atoms with Gasteiger partial charge in [0.25, 0.3) is 0 Å². The van der Waals surface area contributed by atoms with Crippen molar-refractivity contribution in [2.45, 2.75) is 13.0 Å². The molecular formula is C14H21N3O. The molecule has 1 atom stereocenters. The van der Waals surface area contributed by atoms with Crippen molar-refractivity contribution in [3.05, 3.63) is 35.4 Å². The first-order chi connectivity index (χ1) is 8.65. The number of benzene rings is 1. The number of nitrogens with one attached hydrogen (secondary N) is 1. The molecule has 1 aromatic rings. The first-order valence-electron chi connectivity index (χ1n) is 6.43. The van der Waals surface area contributed by atoms with E-state index in [4.69, 9.17) is 5.73 Å². The van der Waals surface area contributed by atoms with Crippen LogP contribution in [0.4, 0.5) is 0 Å². The monoisotopic (exact) mass is 247 g/mol. The SMILES string of the molecule is CN1CCC(CNCc2cccc(C(N)=O)c2)C1. The highest BCUT2D eigenvalue weighted by molar-refractivity contribution is 5.92. The van der Waals surface area contributed by atoms with E-state index in [1.165, 1.54) is 19.5 Å². The molecule has 0 saturated carbocycles. The molecule has 98 valence electrons. The molecule has 0 aromatic heterocycles. The lowest BCUT2D eigenvalue weighted by Crippen LogP contribution is -2.24. The number of carbonyl (C=O) groups is 1. The van der Waals surface area contributed by atoms with Crippen LogP contribution >= 0.6 is 0 Å². The van der Waals surface area contributed by atoms with Gasteiger partial charge in [0.05, 0.1) is 0 Å². The molecule has 1 unspecified atom stereocenters. The number of hydrogen-bond donors (Lipinski definition) is 2. The Kier molecular flexibility index (Phi) is 4.33. The molecular weight excluding hydrogens is 226 g/mol. The molecule has 0 bridgehead atoms. The Hall–Kier alpha value is -1.39. The first-order valence-corrected chi connectivity index (χ1v) is 6.43. The number of hydrogen-bond acceptors (Lipinski definition) is 3. The van der Waals surface area contributed by atoms with E-state index in [1.807, 2.05) is 18.2 Å². The first kappa shape index (κ1) is 13.1. The number of carbonyl (C=O) groups excluding carboxylic acids is 1. The minimum absolute atomic E-state index is 0.366. The van der Waals surface area contributed by atoms with Gasteiger partial charge in [0.1, 0.15) is 0 Å². The molecule has 0 aliphatic carbocycles. The van der Waals surface area contributed by atoms with Crippen LogP contribution in [0.5, 0.6) is 0 Å². The average Bonchev–Trinajstić information content (AvgIpc) is 2.75. The van der Waals surface area contributed by atoms with Crippen molar-refractivity contribution in [1.29, 1.82) is 0 Å². The molecule has 1 fully saturated rings. The van der Waals surface area contributed by atoms with Crippen molar-refractivity contribution in [2.24, 2.45) is 11.7 Å². The van der Waals surface area contributed by atoms with E-state index < -0.39 is 0 Å². The molecule has 3 N–H and O–H groups in total. The van der Waals surface area contributed by atoms with Crippen LogP contribution in [-0.2, 0) is 6.54 Å². The quantitative estimate of drug-likeness (QED) is 0.810. The molecule has 1 aliphatic rings. The number of primary amides is 1. The third-order valence-corrected chi connectivity index (χ3v) is 3.46. The highest BCUT2D eigenvalue weighted by atomic mass is 16.1. The summed E-state index contributed by atoms with van der Waals surface area (Å²) >= 11 is 0. The zero-order valence-electron chi connectivity index (χ0n) is 10.9. The lowest BCUT2D eigenvalue weighted by molar-refractivity contribution is 0.1000. The largest absolute Gasteiger partial charge is 0.366 e. The predicted octanol–water partition coefficient (Wildman–Crippen LogP) is 0.827. The van der Waals surface area contributed by atoms with E-state index >= 15 is 0 Å². The van der Waals surface area contributed by atoms with Crippen molar-refractivity contribution in [3.63, 3.8) is 0 Å². The molecule has 4 heteroatoms. The Balaban J connectivity index is 1.79. The fraction of sp³-hybridized carbons (Fsp3) is 0.500. The van der Waals surface area contributed by atoms with Crippen LogP contribution in [0, 0.1) is 5.92 Å². The lowest BCUT2D eigenvalue weighted by Gasteiger charge is -2.12. The second-order valence-electron chi connectivity index (χ2n) is 5.11. The maximum atomic E-state index is 11.1. The van der Waals surface area contributed by atoms with Gasteiger partial charge in [-0.2, -0.15) is 0 Å². The smallest absolute Gasteiger partial charge is 0.248 e. The fourth-order valence-electron chi connectivity index (χ4n) is 2.45. The normalized spacial score (nSPS) is 20.2. The van der Waals surface area contributed by atoms with Gasteiger partial charge in [0.15, 0.2) is 0 Å². The van der Waals surface area contributed by atoms with Gasteiger partial charge < -0.3 is 16.0 Å². The van der Waals surface area contributed by atoms with Crippen molar-refractivity contribution >= 4 is 5.91 Å². The minimum Gasteiger partial charge on any atom is -0.366 e. The van der Waals surface area contributed by atoms with Crippen molar-refractivity contribution in [3.8, 4) is 0 Å². The second-order valence-corrected chi connectivity index (χ2v) is 5.11. The predicted molar refractivity (Wildman–Crippen MR) is 72.3 cm³/mol. The molecule has 1 heterocycles. The highest BCUT2D eigenvalue weighted by Crippen LogP contribution is 2.13. The van der Waals surface area contributed by atoms with Crippen molar-refractivity contribution < 1.29 is 4.79 Å². The van der Waals surface area contributed by atoms with Crippen LogP contribution in [0.25, 0.3) is 0 Å². The highest BCUT2D eigenvalue weighted by Gasteiger charge is 2.18. The van der Waals surface area contributed by atoms with E-state index in [1.54, 1.807) is 6.07 Å². The molecule has 1 saturated heterocycles. The molecule has 1 aliphatic heterocycles. The Bertz CT molecular complexity index is 419. The third-order valence-electron chi connectivity index (χ3n) is 3.46. The van der Waals surface area contributed by atoms with E-state index in [2.05, 4.69) is 17.3 Å². The second kappa shape index (κ2) is 5.98. The van der Waals surface area contributed by atoms with Gasteiger partial charge in [-0.15, -0.1) is 0 Å². The van der Waals surface area contributed by atoms with E-state index in [9.17, 15) is 4.79 Å². The van der Waals surface area contributed by atoms with Crippen LogP contribution < -0.4 is 11.1 Å². The van der Waals surface area contributed by atoms with Crippen molar-refractivity contribution in [2.75, 3.05) is 26.7 Å². The van der Waals surface area contributed by atoms with Gasteiger partial charge in [-0.1, -0.05) is 12.1 Å². The summed E-state index contributed by atoms with van der Waals surface area (Å²) in [7, 11) is 2.16. The van der Waals surface area contributed by atoms with Crippen LogP contribution in [0.3, 0.4) is 0 Å². The summed E-state index contributed by atoms with van der Waals surface area (Å²) in [5.74, 6) is 0.378. The summed E-state index contributed by atoms with van der Waals surface area (Å²) in [4.78, 5) is 13.4. The minimum atomic E-state index is -0.366. The Morgan fingerprint density at radius 2 is 2.39 bits per heavy atom. The average molecular weight is 247 g/mol. The summed E-state index contributed by atoms with van der Waals surface area (Å²) < 4.78 is 0. The summed E-state index contributed by atoms with van der Waals surface area (Å²) in [6, 6.07) is 7.49. The van der Waals surface area contributed by atoms with E-state index in [0.717, 1.165) is 24.6 Å². The molecule has 18 heavy (non-hydrogen) atoms. The Morgan fingerprint density at radius 1 is 1.56 bits per heavy atom. The number of rotatable bonds is 5. The van der Waals surface area contributed by atoms with Gasteiger partial charge in [-0.05, 0) is 50.2 Å². The van der Waals surface area contributed by atoms with Gasteiger partial charge in [0.2, 0.25) is 5.91 Å². The molecule has 2 rings (SSSR count). The zero-order chi connectivity index (χ0) is 13.0. The van der Waals surface area contributed by atoms with Crippen LogP contribution in [-0.4, -0.2) is 37.5 Å². The molecule has 0 spiro atoms. The van der Waals surface area contributed by atoms with Crippen LogP contribution in [0.15, 0.2) is 24.3 Å². The number of likely N-dealkylation sites (tertiary alicyclic amines) is 1. The summed E-state index contributed by atoms with van der Waals surface area (Å²) in [6.45, 7) is 4.20. The third kappa shape index (κ3) is 3.55. The lowest BCUT2D eigenvalue weighted by atomic mass is 10.1. The molecule has 0 radical (unpaired) electrons. The fourth-order valence-corrected chi connectivity index (χ4v) is 2.45. The Labute approximate surface area is 108 Å². The standard InChI is InChI=1S/C14H21N3O/c1-17-6-5-12(10-17)9-16-8-11-3-2-4-13(7-11)14(15)18/h2-4,7,12,16H,5-6,8-10H2,1H3,(H2,15,18). The van der Waals surface area contributed by atoms with Crippen LogP contribution in [0.1, 0.15) is 22.3 Å². The summed E-state index contributed by atoms with van der Waals surface area (Å²) in [5.41, 5.74) is 6.95. The number of nitrogens with two attached hydrogens (primary N) is 1. The maximum Gasteiger partial charge on any atom is 0.248 e. The van der Waals surface area contributed by atoms with Gasteiger partial charge in [-0.3, -0.25) is 4.79 Å². The van der Waals surface area contributed by atoms with Crippen LogP contribution in [0.2, 0.25) is 0 Å². The topological polar surface area (TPSA) is 58.4 Å². The molecule has 1 amide bonds. The van der Waals surface area contributed by atoms with Gasteiger partial charge in [-0.25, -0.2) is 0 Å². The molecule has 4 nitrogen and oxygen atoms in total.